The number of ether oxygens (including phenoxy) is 1. The molecule has 0 fully saturated rings. The van der Waals surface area contributed by atoms with Crippen molar-refractivity contribution in [3.8, 4) is 5.75 Å². The van der Waals surface area contributed by atoms with Crippen molar-refractivity contribution in [3.63, 3.8) is 0 Å². The van der Waals surface area contributed by atoms with Gasteiger partial charge in [0.05, 0.1) is 19.4 Å². The highest BCUT2D eigenvalue weighted by atomic mass is 79.9. The molecule has 0 spiro atoms. The molecule has 3 nitrogen and oxygen atoms in total. The number of aryl methyl sites for hydroxylation is 2. The Morgan fingerprint density at radius 3 is 2.60 bits per heavy atom. The van der Waals surface area contributed by atoms with Crippen LogP contribution in [0.1, 0.15) is 35.4 Å². The van der Waals surface area contributed by atoms with Crippen LogP contribution in [0.5, 0.6) is 5.75 Å². The maximum absolute atomic E-state index is 5.55. The van der Waals surface area contributed by atoms with E-state index < -0.39 is 0 Å². The summed E-state index contributed by atoms with van der Waals surface area (Å²) in [6, 6.07) is 6.24. The second-order valence-electron chi connectivity index (χ2n) is 4.77. The number of hydrogen-bond acceptors (Lipinski definition) is 3. The molecule has 0 radical (unpaired) electrons. The van der Waals surface area contributed by atoms with E-state index in [0.29, 0.717) is 0 Å². The van der Waals surface area contributed by atoms with Crippen molar-refractivity contribution in [3.05, 3.63) is 51.4 Å². The van der Waals surface area contributed by atoms with E-state index in [4.69, 9.17) is 9.15 Å². The highest BCUT2D eigenvalue weighted by molar-refractivity contribution is 9.10. The number of hydrogen-bond donors (Lipinski definition) is 1. The van der Waals surface area contributed by atoms with Gasteiger partial charge < -0.3 is 14.5 Å². The topological polar surface area (TPSA) is 34.4 Å². The molecule has 0 aliphatic heterocycles. The molecule has 0 bridgehead atoms. The van der Waals surface area contributed by atoms with Crippen LogP contribution in [0, 0.1) is 13.8 Å². The van der Waals surface area contributed by atoms with Gasteiger partial charge in [-0.25, -0.2) is 0 Å². The van der Waals surface area contributed by atoms with E-state index in [0.717, 1.165) is 39.2 Å². The van der Waals surface area contributed by atoms with Gasteiger partial charge in [0.15, 0.2) is 0 Å². The van der Waals surface area contributed by atoms with Gasteiger partial charge in [-0.1, -0.05) is 22.9 Å². The minimum Gasteiger partial charge on any atom is -0.496 e. The largest absolute Gasteiger partial charge is 0.496 e. The SMILES string of the molecule is CCNC(c1cc(Br)c(C)cc1OC)c1ccoc1C. The van der Waals surface area contributed by atoms with Crippen LogP contribution in [0.4, 0.5) is 0 Å². The Morgan fingerprint density at radius 2 is 2.05 bits per heavy atom. The molecule has 0 aliphatic carbocycles. The number of benzene rings is 1. The first kappa shape index (κ1) is 15.1. The average molecular weight is 338 g/mol. The van der Waals surface area contributed by atoms with Crippen molar-refractivity contribution in [1.82, 2.24) is 5.32 Å². The summed E-state index contributed by atoms with van der Waals surface area (Å²) in [5.41, 5.74) is 3.40. The lowest BCUT2D eigenvalue weighted by atomic mass is 9.97. The van der Waals surface area contributed by atoms with Crippen LogP contribution in [0.3, 0.4) is 0 Å². The second kappa shape index (κ2) is 6.46. The zero-order valence-electron chi connectivity index (χ0n) is 12.3. The normalized spacial score (nSPS) is 12.4. The second-order valence-corrected chi connectivity index (χ2v) is 5.62. The van der Waals surface area contributed by atoms with E-state index in [-0.39, 0.29) is 6.04 Å². The van der Waals surface area contributed by atoms with E-state index in [1.54, 1.807) is 13.4 Å². The van der Waals surface area contributed by atoms with Gasteiger partial charge in [-0.05, 0) is 44.2 Å². The first-order chi connectivity index (χ1) is 9.58. The quantitative estimate of drug-likeness (QED) is 0.879. The monoisotopic (exact) mass is 337 g/mol. The molecule has 0 aliphatic rings. The molecule has 20 heavy (non-hydrogen) atoms. The van der Waals surface area contributed by atoms with Crippen molar-refractivity contribution < 1.29 is 9.15 Å². The van der Waals surface area contributed by atoms with E-state index in [9.17, 15) is 0 Å². The number of furan rings is 1. The van der Waals surface area contributed by atoms with Gasteiger partial charge in [-0.2, -0.15) is 0 Å². The van der Waals surface area contributed by atoms with E-state index in [1.807, 2.05) is 13.0 Å². The molecule has 108 valence electrons. The zero-order valence-corrected chi connectivity index (χ0v) is 13.9. The van der Waals surface area contributed by atoms with Crippen LogP contribution in [0.15, 0.2) is 33.4 Å². The molecule has 0 amide bonds. The van der Waals surface area contributed by atoms with Crippen LogP contribution in [-0.2, 0) is 0 Å². The molecule has 1 aromatic heterocycles. The van der Waals surface area contributed by atoms with Crippen LogP contribution in [-0.4, -0.2) is 13.7 Å². The summed E-state index contributed by atoms with van der Waals surface area (Å²) in [6.45, 7) is 7.00. The fourth-order valence-corrected chi connectivity index (χ4v) is 2.72. The number of nitrogens with one attached hydrogen (secondary N) is 1. The third kappa shape index (κ3) is 2.91. The lowest BCUT2D eigenvalue weighted by Gasteiger charge is -2.21. The van der Waals surface area contributed by atoms with E-state index in [2.05, 4.69) is 47.2 Å². The minimum absolute atomic E-state index is 0.0607. The Balaban J connectivity index is 2.55. The van der Waals surface area contributed by atoms with Gasteiger partial charge >= 0.3 is 0 Å². The lowest BCUT2D eigenvalue weighted by Crippen LogP contribution is -2.23. The predicted molar refractivity (Wildman–Crippen MR) is 84.4 cm³/mol. The highest BCUT2D eigenvalue weighted by Gasteiger charge is 2.21. The Hall–Kier alpha value is -1.26. The third-order valence-corrected chi connectivity index (χ3v) is 4.29. The van der Waals surface area contributed by atoms with Crippen molar-refractivity contribution in [1.29, 1.82) is 0 Å². The van der Waals surface area contributed by atoms with Crippen LogP contribution < -0.4 is 10.1 Å². The Bertz CT molecular complexity index is 592. The zero-order chi connectivity index (χ0) is 14.7. The Kier molecular flexibility index (Phi) is 4.89. The van der Waals surface area contributed by atoms with E-state index in [1.165, 1.54) is 0 Å². The van der Waals surface area contributed by atoms with Crippen LogP contribution in [0.2, 0.25) is 0 Å². The smallest absolute Gasteiger partial charge is 0.124 e. The van der Waals surface area contributed by atoms with Gasteiger partial charge in [0.2, 0.25) is 0 Å². The lowest BCUT2D eigenvalue weighted by molar-refractivity contribution is 0.403. The van der Waals surface area contributed by atoms with Crippen molar-refractivity contribution in [2.45, 2.75) is 26.8 Å². The summed E-state index contributed by atoms with van der Waals surface area (Å²) >= 11 is 3.60. The first-order valence-corrected chi connectivity index (χ1v) is 7.49. The molecular weight excluding hydrogens is 318 g/mol. The fraction of sp³-hybridized carbons (Fsp3) is 0.375. The Labute approximate surface area is 128 Å². The van der Waals surface area contributed by atoms with Crippen LogP contribution in [0.25, 0.3) is 0 Å². The fourth-order valence-electron chi connectivity index (χ4n) is 2.36. The maximum Gasteiger partial charge on any atom is 0.124 e. The molecule has 1 N–H and O–H groups in total. The minimum atomic E-state index is 0.0607. The number of methoxy groups -OCH3 is 1. The van der Waals surface area contributed by atoms with Crippen molar-refractivity contribution in [2.75, 3.05) is 13.7 Å². The van der Waals surface area contributed by atoms with Gasteiger partial charge in [0.25, 0.3) is 0 Å². The molecule has 1 aromatic carbocycles. The third-order valence-electron chi connectivity index (χ3n) is 3.44. The molecule has 1 atom stereocenters. The molecule has 2 rings (SSSR count). The van der Waals surface area contributed by atoms with Gasteiger partial charge in [0.1, 0.15) is 11.5 Å². The van der Waals surface area contributed by atoms with Crippen molar-refractivity contribution in [2.24, 2.45) is 0 Å². The van der Waals surface area contributed by atoms with Gasteiger partial charge in [-0.3, -0.25) is 0 Å². The molecule has 1 heterocycles. The predicted octanol–water partition coefficient (Wildman–Crippen LogP) is 4.37. The summed E-state index contributed by atoms with van der Waals surface area (Å²) in [6.07, 6.45) is 1.73. The number of rotatable bonds is 5. The molecule has 4 heteroatoms. The maximum atomic E-state index is 5.55. The molecule has 1 unspecified atom stereocenters. The molecule has 2 aromatic rings. The first-order valence-electron chi connectivity index (χ1n) is 6.69. The van der Waals surface area contributed by atoms with Crippen LogP contribution >= 0.6 is 15.9 Å². The average Bonchev–Trinajstić information content (AvgIpc) is 2.85. The summed E-state index contributed by atoms with van der Waals surface area (Å²) in [7, 11) is 1.71. The van der Waals surface area contributed by atoms with E-state index >= 15 is 0 Å². The number of halogens is 1. The standard InChI is InChI=1S/C16H20BrNO2/c1-5-18-16(12-6-7-20-11(12)3)13-9-14(17)10(2)8-15(13)19-4/h6-9,16,18H,5H2,1-4H3. The summed E-state index contributed by atoms with van der Waals surface area (Å²) in [5.74, 6) is 1.81. The van der Waals surface area contributed by atoms with Crippen molar-refractivity contribution >= 4 is 15.9 Å². The molecular formula is C16H20BrNO2. The molecule has 0 saturated heterocycles. The van der Waals surface area contributed by atoms with Gasteiger partial charge in [-0.15, -0.1) is 0 Å². The summed E-state index contributed by atoms with van der Waals surface area (Å²) in [5, 5.41) is 3.50. The molecule has 0 saturated carbocycles. The summed E-state index contributed by atoms with van der Waals surface area (Å²) in [4.78, 5) is 0. The Morgan fingerprint density at radius 1 is 1.30 bits per heavy atom. The highest BCUT2D eigenvalue weighted by Crippen LogP contribution is 2.35. The summed E-state index contributed by atoms with van der Waals surface area (Å²) < 4.78 is 12.1. The van der Waals surface area contributed by atoms with Gasteiger partial charge in [0, 0.05) is 15.6 Å².